The van der Waals surface area contributed by atoms with Gasteiger partial charge in [0.05, 0.1) is 12.2 Å². The normalized spacial score (nSPS) is 20.8. The van der Waals surface area contributed by atoms with Crippen molar-refractivity contribution in [2.45, 2.75) is 43.8 Å². The molecule has 126 valence electrons. The first kappa shape index (κ1) is 16.1. The van der Waals surface area contributed by atoms with Gasteiger partial charge in [-0.05, 0) is 6.42 Å². The molecule has 1 atom stereocenters. The van der Waals surface area contributed by atoms with E-state index in [-0.39, 0.29) is 17.6 Å². The zero-order valence-corrected chi connectivity index (χ0v) is 13.1. The maximum Gasteiger partial charge on any atom is 0.358 e. The molecule has 2 aliphatic heterocycles. The van der Waals surface area contributed by atoms with Gasteiger partial charge in [0.25, 0.3) is 0 Å². The van der Waals surface area contributed by atoms with E-state index in [9.17, 15) is 9.59 Å². The second-order valence-electron chi connectivity index (χ2n) is 6.06. The summed E-state index contributed by atoms with van der Waals surface area (Å²) in [4.78, 5) is 25.0. The molecule has 0 saturated carbocycles. The minimum Gasteiger partial charge on any atom is -0.476 e. The van der Waals surface area contributed by atoms with Crippen molar-refractivity contribution in [3.05, 3.63) is 11.9 Å². The number of carbonyl (C=O) groups is 2. The van der Waals surface area contributed by atoms with Crippen molar-refractivity contribution in [2.75, 3.05) is 13.1 Å². The highest BCUT2D eigenvalue weighted by Crippen LogP contribution is 2.38. The summed E-state index contributed by atoms with van der Waals surface area (Å²) in [7, 11) is 0. The minimum absolute atomic E-state index is 0.0414. The standard InChI is InChI=1S/C15H18N6O3/c1-2-3-6-15(17-18-15)7-4-13(22)20-8-5-11(9-20)21-10-12(14(23)24)16-19-21/h1,10-11H,3-9H2,(H,23,24). The predicted molar refractivity (Wildman–Crippen MR) is 82.1 cm³/mol. The monoisotopic (exact) mass is 330 g/mol. The summed E-state index contributed by atoms with van der Waals surface area (Å²) in [5.41, 5.74) is -0.532. The molecule has 0 radical (unpaired) electrons. The third-order valence-corrected chi connectivity index (χ3v) is 4.41. The van der Waals surface area contributed by atoms with Gasteiger partial charge in [-0.1, -0.05) is 5.21 Å². The summed E-state index contributed by atoms with van der Waals surface area (Å²) in [5.74, 6) is 1.51. The van der Waals surface area contributed by atoms with Gasteiger partial charge in [0.2, 0.25) is 5.91 Å². The summed E-state index contributed by atoms with van der Waals surface area (Å²) >= 11 is 0. The van der Waals surface area contributed by atoms with Crippen LogP contribution in [-0.4, -0.2) is 55.6 Å². The van der Waals surface area contributed by atoms with Gasteiger partial charge in [0, 0.05) is 38.8 Å². The molecule has 1 fully saturated rings. The zero-order valence-electron chi connectivity index (χ0n) is 13.1. The zero-order chi connectivity index (χ0) is 17.2. The van der Waals surface area contributed by atoms with Gasteiger partial charge >= 0.3 is 5.97 Å². The Morgan fingerprint density at radius 3 is 2.83 bits per heavy atom. The molecule has 9 heteroatoms. The average Bonchev–Trinajstić information content (AvgIpc) is 2.99. The predicted octanol–water partition coefficient (Wildman–Crippen LogP) is 1.11. The number of rotatable bonds is 7. The van der Waals surface area contributed by atoms with E-state index in [1.54, 1.807) is 4.90 Å². The smallest absolute Gasteiger partial charge is 0.358 e. The Hall–Kier alpha value is -2.76. The van der Waals surface area contributed by atoms with E-state index in [4.69, 9.17) is 11.5 Å². The molecule has 24 heavy (non-hydrogen) atoms. The molecule has 1 saturated heterocycles. The first-order valence-electron chi connectivity index (χ1n) is 7.83. The van der Waals surface area contributed by atoms with Crippen molar-refractivity contribution in [3.63, 3.8) is 0 Å². The lowest BCUT2D eigenvalue weighted by atomic mass is 10.0. The summed E-state index contributed by atoms with van der Waals surface area (Å²) < 4.78 is 1.52. The largest absolute Gasteiger partial charge is 0.476 e. The van der Waals surface area contributed by atoms with E-state index in [0.717, 1.165) is 6.42 Å². The molecule has 1 aromatic rings. The molecule has 0 aromatic carbocycles. The Kier molecular flexibility index (Phi) is 4.29. The van der Waals surface area contributed by atoms with Crippen LogP contribution in [0.1, 0.15) is 48.6 Å². The van der Waals surface area contributed by atoms with Gasteiger partial charge in [-0.25, -0.2) is 9.48 Å². The van der Waals surface area contributed by atoms with E-state index in [1.165, 1.54) is 10.9 Å². The first-order chi connectivity index (χ1) is 11.5. The summed E-state index contributed by atoms with van der Waals surface area (Å²) in [6.45, 7) is 1.13. The van der Waals surface area contributed by atoms with Crippen molar-refractivity contribution in [3.8, 4) is 12.3 Å². The van der Waals surface area contributed by atoms with Gasteiger partial charge in [0.1, 0.15) is 0 Å². The van der Waals surface area contributed by atoms with Gasteiger partial charge in [-0.15, -0.1) is 17.4 Å². The average molecular weight is 330 g/mol. The molecule has 3 heterocycles. The Morgan fingerprint density at radius 1 is 1.42 bits per heavy atom. The van der Waals surface area contributed by atoms with Gasteiger partial charge in [-0.3, -0.25) is 4.79 Å². The van der Waals surface area contributed by atoms with Crippen LogP contribution in [0.15, 0.2) is 16.4 Å². The van der Waals surface area contributed by atoms with E-state index in [0.29, 0.717) is 38.8 Å². The molecule has 0 aliphatic carbocycles. The van der Waals surface area contributed by atoms with Crippen LogP contribution in [0.25, 0.3) is 0 Å². The fraction of sp³-hybridized carbons (Fsp3) is 0.600. The number of hydrogen-bond donors (Lipinski definition) is 1. The SMILES string of the molecule is C#CCCC1(CCC(=O)N2CCC(n3cc(C(=O)O)nn3)C2)N=N1. The molecule has 2 aliphatic rings. The number of nitrogens with zero attached hydrogens (tertiary/aromatic N) is 6. The Balaban J connectivity index is 1.49. The molecule has 1 N–H and O–H groups in total. The van der Waals surface area contributed by atoms with Crippen molar-refractivity contribution in [1.82, 2.24) is 19.9 Å². The molecule has 9 nitrogen and oxygen atoms in total. The molecule has 0 bridgehead atoms. The maximum atomic E-state index is 12.3. The molecule has 1 amide bonds. The highest BCUT2D eigenvalue weighted by Gasteiger charge is 2.40. The van der Waals surface area contributed by atoms with Crippen LogP contribution in [-0.2, 0) is 4.79 Å². The minimum atomic E-state index is -1.11. The first-order valence-corrected chi connectivity index (χ1v) is 7.83. The van der Waals surface area contributed by atoms with Crippen molar-refractivity contribution in [1.29, 1.82) is 0 Å². The molecule has 1 aromatic heterocycles. The van der Waals surface area contributed by atoms with Crippen molar-refractivity contribution < 1.29 is 14.7 Å². The van der Waals surface area contributed by atoms with Gasteiger partial charge in [-0.2, -0.15) is 10.2 Å². The van der Waals surface area contributed by atoms with Crippen LogP contribution in [0.2, 0.25) is 0 Å². The van der Waals surface area contributed by atoms with Crippen molar-refractivity contribution >= 4 is 11.9 Å². The van der Waals surface area contributed by atoms with E-state index in [1.807, 2.05) is 0 Å². The van der Waals surface area contributed by atoms with E-state index in [2.05, 4.69) is 26.5 Å². The third kappa shape index (κ3) is 3.42. The molecular formula is C15H18N6O3. The number of aromatic carboxylic acids is 1. The van der Waals surface area contributed by atoms with Crippen LogP contribution >= 0.6 is 0 Å². The van der Waals surface area contributed by atoms with E-state index < -0.39 is 11.6 Å². The molecular weight excluding hydrogens is 312 g/mol. The second kappa shape index (κ2) is 6.39. The lowest BCUT2D eigenvalue weighted by molar-refractivity contribution is -0.130. The number of hydrogen-bond acceptors (Lipinski definition) is 6. The Morgan fingerprint density at radius 2 is 2.21 bits per heavy atom. The fourth-order valence-corrected chi connectivity index (χ4v) is 2.87. The van der Waals surface area contributed by atoms with Crippen LogP contribution in [0.3, 0.4) is 0 Å². The van der Waals surface area contributed by atoms with Crippen LogP contribution in [0, 0.1) is 12.3 Å². The van der Waals surface area contributed by atoms with Crippen LogP contribution in [0.4, 0.5) is 0 Å². The highest BCUT2D eigenvalue weighted by molar-refractivity contribution is 5.84. The van der Waals surface area contributed by atoms with Crippen molar-refractivity contribution in [2.24, 2.45) is 10.2 Å². The number of carboxylic acid groups (broad SMARTS) is 1. The number of carboxylic acids is 1. The number of carbonyl (C=O) groups excluding carboxylic acids is 1. The van der Waals surface area contributed by atoms with Crippen LogP contribution < -0.4 is 0 Å². The maximum absolute atomic E-state index is 12.3. The number of amides is 1. The Labute approximate surface area is 138 Å². The second-order valence-corrected chi connectivity index (χ2v) is 6.06. The highest BCUT2D eigenvalue weighted by atomic mass is 16.4. The molecule has 1 unspecified atom stereocenters. The van der Waals surface area contributed by atoms with Crippen LogP contribution in [0.5, 0.6) is 0 Å². The molecule has 3 rings (SSSR count). The van der Waals surface area contributed by atoms with Gasteiger partial charge in [0.15, 0.2) is 11.4 Å². The molecule has 0 spiro atoms. The fourth-order valence-electron chi connectivity index (χ4n) is 2.87. The topological polar surface area (TPSA) is 113 Å². The number of aromatic nitrogens is 3. The quantitative estimate of drug-likeness (QED) is 0.752. The third-order valence-electron chi connectivity index (χ3n) is 4.41. The number of likely N-dealkylation sites (tertiary alicyclic amines) is 1. The summed E-state index contributed by atoms with van der Waals surface area (Å²) in [6, 6.07) is -0.0414. The van der Waals surface area contributed by atoms with Gasteiger partial charge < -0.3 is 10.0 Å². The lowest BCUT2D eigenvalue weighted by Gasteiger charge is -2.17. The van der Waals surface area contributed by atoms with E-state index >= 15 is 0 Å². The summed E-state index contributed by atoms with van der Waals surface area (Å²) in [5, 5.41) is 24.4. The number of terminal acetylenes is 1. The summed E-state index contributed by atoms with van der Waals surface area (Å²) in [6.07, 6.45) is 9.63. The lowest BCUT2D eigenvalue weighted by Crippen LogP contribution is -2.30. The Bertz CT molecular complexity index is 713.